The van der Waals surface area contributed by atoms with Gasteiger partial charge in [-0.1, -0.05) is 30.0 Å². The maximum Gasteiger partial charge on any atom is 0.304 e. The summed E-state index contributed by atoms with van der Waals surface area (Å²) in [7, 11) is 1.63. The minimum atomic E-state index is -0.579. The predicted molar refractivity (Wildman–Crippen MR) is 104 cm³/mol. The molecule has 0 spiro atoms. The van der Waals surface area contributed by atoms with Crippen LogP contribution in [0.5, 0.6) is 5.75 Å². The van der Waals surface area contributed by atoms with E-state index >= 15 is 0 Å². The van der Waals surface area contributed by atoms with Crippen molar-refractivity contribution in [3.05, 3.63) is 48.1 Å². The summed E-state index contributed by atoms with van der Waals surface area (Å²) in [5, 5.41) is 0. The van der Waals surface area contributed by atoms with Crippen molar-refractivity contribution in [1.29, 1.82) is 0 Å². The number of hydrogen-bond donors (Lipinski definition) is 0. The van der Waals surface area contributed by atoms with Gasteiger partial charge in [-0.2, -0.15) is 0 Å². The number of alkyl halides is 1. The van der Waals surface area contributed by atoms with Crippen LogP contribution in [0.4, 0.5) is 0 Å². The van der Waals surface area contributed by atoms with Gasteiger partial charge in [0.2, 0.25) is 0 Å². The molecule has 0 aliphatic rings. The van der Waals surface area contributed by atoms with Crippen LogP contribution in [0.3, 0.4) is 0 Å². The molecule has 0 heterocycles. The predicted octanol–water partition coefficient (Wildman–Crippen LogP) is 5.00. The molecule has 25 heavy (non-hydrogen) atoms. The highest BCUT2D eigenvalue weighted by molar-refractivity contribution is 6.17. The first-order chi connectivity index (χ1) is 12.0. The van der Waals surface area contributed by atoms with Crippen molar-refractivity contribution in [2.24, 2.45) is 0 Å². The molecule has 0 bridgehead atoms. The molecule has 0 saturated heterocycles. The van der Waals surface area contributed by atoms with Crippen molar-refractivity contribution in [1.82, 2.24) is 0 Å². The third-order valence-corrected chi connectivity index (χ3v) is 3.88. The van der Waals surface area contributed by atoms with E-state index in [0.29, 0.717) is 18.7 Å². The van der Waals surface area contributed by atoms with E-state index in [-0.39, 0.29) is 5.97 Å². The Morgan fingerprint density at radius 1 is 1.32 bits per heavy atom. The number of hydrogen-bond acceptors (Lipinski definition) is 3. The highest BCUT2D eigenvalue weighted by atomic mass is 35.5. The molecule has 1 aromatic rings. The lowest BCUT2D eigenvalue weighted by Crippen LogP contribution is -2.17. The number of esters is 1. The molecule has 0 fully saturated rings. The first-order valence-electron chi connectivity index (χ1n) is 8.20. The Labute approximate surface area is 155 Å². The molecule has 0 radical (unpaired) electrons. The Hall–Kier alpha value is -2.18. The average molecular weight is 361 g/mol. The van der Waals surface area contributed by atoms with Crippen molar-refractivity contribution < 1.29 is 14.3 Å². The Morgan fingerprint density at radius 3 is 2.52 bits per heavy atom. The molecule has 4 heteroatoms. The normalized spacial score (nSPS) is 12.3. The van der Waals surface area contributed by atoms with E-state index in [2.05, 4.69) is 18.4 Å². The van der Waals surface area contributed by atoms with Gasteiger partial charge >= 0.3 is 5.97 Å². The quantitative estimate of drug-likeness (QED) is 0.215. The minimum absolute atomic E-state index is 0.358. The number of allylic oxidation sites excluding steroid dienone is 2. The second-order valence-corrected chi connectivity index (χ2v) is 5.86. The highest BCUT2D eigenvalue weighted by Crippen LogP contribution is 2.27. The number of carbonyl (C=O) groups is 1. The minimum Gasteiger partial charge on any atom is -0.497 e. The SMILES string of the molecule is C=CC/C(=C(/C)C(C#CCCCCl)OC(C)=O)c1ccc(OC)cc1. The summed E-state index contributed by atoms with van der Waals surface area (Å²) < 4.78 is 10.6. The molecular formula is C21H25ClO3. The number of rotatable bonds is 8. The van der Waals surface area contributed by atoms with Crippen LogP contribution < -0.4 is 4.74 Å². The van der Waals surface area contributed by atoms with Crippen LogP contribution in [0.15, 0.2) is 42.5 Å². The molecule has 1 aromatic carbocycles. The summed E-state index contributed by atoms with van der Waals surface area (Å²) in [4.78, 5) is 11.5. The van der Waals surface area contributed by atoms with E-state index in [1.165, 1.54) is 6.92 Å². The maximum atomic E-state index is 11.5. The molecule has 0 aliphatic heterocycles. The summed E-state index contributed by atoms with van der Waals surface area (Å²) in [6.45, 7) is 7.16. The van der Waals surface area contributed by atoms with Gasteiger partial charge in [0.05, 0.1) is 7.11 Å². The standard InChI is InChI=1S/C21H25ClO3/c1-5-9-20(18-11-13-19(24-4)14-12-18)16(2)21(25-17(3)23)10-7-6-8-15-22/h5,11-14,21H,1,6,8-9,15H2,2-4H3/b20-16+. The zero-order valence-electron chi connectivity index (χ0n) is 15.1. The van der Waals surface area contributed by atoms with Crippen LogP contribution in [0, 0.1) is 11.8 Å². The van der Waals surface area contributed by atoms with Gasteiger partial charge in [-0.05, 0) is 48.6 Å². The molecule has 0 aromatic heterocycles. The van der Waals surface area contributed by atoms with Crippen LogP contribution in [0.1, 0.15) is 38.7 Å². The third kappa shape index (κ3) is 7.07. The van der Waals surface area contributed by atoms with Gasteiger partial charge in [-0.3, -0.25) is 4.79 Å². The summed E-state index contributed by atoms with van der Waals surface area (Å²) >= 11 is 5.68. The fourth-order valence-electron chi connectivity index (χ4n) is 2.31. The van der Waals surface area contributed by atoms with Crippen LogP contribution in [0.25, 0.3) is 5.57 Å². The lowest BCUT2D eigenvalue weighted by Gasteiger charge is -2.17. The van der Waals surface area contributed by atoms with E-state index in [0.717, 1.165) is 28.9 Å². The molecule has 0 aliphatic carbocycles. The van der Waals surface area contributed by atoms with Crippen molar-refractivity contribution in [3.63, 3.8) is 0 Å². The maximum absolute atomic E-state index is 11.5. The van der Waals surface area contributed by atoms with E-state index in [4.69, 9.17) is 21.1 Å². The fraction of sp³-hybridized carbons (Fsp3) is 0.381. The number of methoxy groups -OCH3 is 1. The van der Waals surface area contributed by atoms with Crippen LogP contribution >= 0.6 is 11.6 Å². The van der Waals surface area contributed by atoms with Crippen LogP contribution in [0.2, 0.25) is 0 Å². The number of unbranched alkanes of at least 4 members (excludes halogenated alkanes) is 1. The summed E-state index contributed by atoms with van der Waals surface area (Å²) in [6.07, 6.45) is 3.38. The second kappa shape index (κ2) is 11.4. The van der Waals surface area contributed by atoms with Gasteiger partial charge in [0.15, 0.2) is 6.10 Å². The number of carbonyl (C=O) groups excluding carboxylic acids is 1. The Morgan fingerprint density at radius 2 is 2.00 bits per heavy atom. The topological polar surface area (TPSA) is 35.5 Å². The molecule has 1 atom stereocenters. The lowest BCUT2D eigenvalue weighted by atomic mass is 9.94. The summed E-state index contributed by atoms with van der Waals surface area (Å²) in [6, 6.07) is 7.76. The van der Waals surface area contributed by atoms with Gasteiger partial charge < -0.3 is 9.47 Å². The van der Waals surface area contributed by atoms with Gasteiger partial charge in [-0.25, -0.2) is 0 Å². The van der Waals surface area contributed by atoms with Crippen molar-refractivity contribution in [2.75, 3.05) is 13.0 Å². The highest BCUT2D eigenvalue weighted by Gasteiger charge is 2.16. The first-order valence-corrected chi connectivity index (χ1v) is 8.73. The largest absolute Gasteiger partial charge is 0.497 e. The molecule has 1 rings (SSSR count). The van der Waals surface area contributed by atoms with Gasteiger partial charge in [0.25, 0.3) is 0 Å². The third-order valence-electron chi connectivity index (χ3n) is 3.61. The molecule has 0 amide bonds. The van der Waals surface area contributed by atoms with E-state index in [9.17, 15) is 4.79 Å². The van der Waals surface area contributed by atoms with Crippen molar-refractivity contribution >= 4 is 23.1 Å². The number of benzene rings is 1. The monoisotopic (exact) mass is 360 g/mol. The Balaban J connectivity index is 3.23. The molecule has 0 saturated carbocycles. The first kappa shape index (κ1) is 20.9. The van der Waals surface area contributed by atoms with Gasteiger partial charge in [0.1, 0.15) is 5.75 Å². The number of halogens is 1. The van der Waals surface area contributed by atoms with E-state index < -0.39 is 6.10 Å². The Kier molecular flexibility index (Phi) is 9.50. The molecule has 0 N–H and O–H groups in total. The van der Waals surface area contributed by atoms with Crippen LogP contribution in [-0.4, -0.2) is 25.1 Å². The molecule has 1 unspecified atom stereocenters. The van der Waals surface area contributed by atoms with Crippen LogP contribution in [-0.2, 0) is 9.53 Å². The smallest absolute Gasteiger partial charge is 0.304 e. The van der Waals surface area contributed by atoms with Crippen molar-refractivity contribution in [3.8, 4) is 17.6 Å². The second-order valence-electron chi connectivity index (χ2n) is 5.49. The summed E-state index contributed by atoms with van der Waals surface area (Å²) in [5.74, 6) is 7.09. The average Bonchev–Trinajstić information content (AvgIpc) is 2.61. The molecule has 134 valence electrons. The molecular weight excluding hydrogens is 336 g/mol. The fourth-order valence-corrected chi connectivity index (χ4v) is 2.45. The lowest BCUT2D eigenvalue weighted by molar-refractivity contribution is -0.142. The van der Waals surface area contributed by atoms with E-state index in [1.54, 1.807) is 7.11 Å². The zero-order chi connectivity index (χ0) is 18.7. The van der Waals surface area contributed by atoms with Gasteiger partial charge in [0, 0.05) is 19.2 Å². The number of ether oxygens (including phenoxy) is 2. The zero-order valence-corrected chi connectivity index (χ0v) is 15.9. The van der Waals surface area contributed by atoms with Gasteiger partial charge in [-0.15, -0.1) is 18.2 Å². The van der Waals surface area contributed by atoms with Crippen molar-refractivity contribution in [2.45, 2.75) is 39.2 Å². The molecule has 3 nitrogen and oxygen atoms in total. The van der Waals surface area contributed by atoms with E-state index in [1.807, 2.05) is 37.3 Å². The summed E-state index contributed by atoms with van der Waals surface area (Å²) in [5.41, 5.74) is 2.96. The Bertz CT molecular complexity index is 663.